The zero-order chi connectivity index (χ0) is 29.2. The van der Waals surface area contributed by atoms with Gasteiger partial charge >= 0.3 is 0 Å². The van der Waals surface area contributed by atoms with Crippen LogP contribution in [0.15, 0.2) is 55.1 Å². The number of piperidine rings is 1. The number of rotatable bonds is 5. The molecule has 1 fully saturated rings. The Morgan fingerprint density at radius 2 is 2.00 bits per heavy atom. The van der Waals surface area contributed by atoms with E-state index in [9.17, 15) is 15.2 Å². The maximum Gasteiger partial charge on any atom is 0.271 e. The lowest BCUT2D eigenvalue weighted by Crippen LogP contribution is -2.45. The summed E-state index contributed by atoms with van der Waals surface area (Å²) < 4.78 is 1.64. The second kappa shape index (κ2) is 11.2. The first kappa shape index (κ1) is 28.1. The average molecular weight is 568 g/mol. The number of hydrogen-bond donors (Lipinski definition) is 2. The largest absolute Gasteiger partial charge is 0.378 e. The molecule has 0 atom stereocenters. The molecule has 41 heavy (non-hydrogen) atoms. The first-order valence-electron chi connectivity index (χ1n) is 13.3. The van der Waals surface area contributed by atoms with Gasteiger partial charge in [-0.15, -0.1) is 0 Å². The van der Waals surface area contributed by atoms with Crippen molar-refractivity contribution < 1.29 is 9.90 Å². The Morgan fingerprint density at radius 3 is 2.66 bits per heavy atom. The van der Waals surface area contributed by atoms with Crippen molar-refractivity contribution in [1.29, 1.82) is 5.26 Å². The van der Waals surface area contributed by atoms with Crippen LogP contribution in [0.2, 0.25) is 5.02 Å². The van der Waals surface area contributed by atoms with Gasteiger partial charge in [-0.1, -0.05) is 30.4 Å². The topological polar surface area (TPSA) is 119 Å². The Hall–Kier alpha value is -4.44. The molecule has 5 heterocycles. The molecule has 5 rings (SSSR count). The number of hydrogen-bond acceptors (Lipinski definition) is 7. The number of carbonyl (C=O) groups excluding carboxylic acids is 1. The standard InChI is InChI=1S/C31H30ClN7O2/c1-30(2,41)9-8-21-15-24(28-23(16-33)18-37-39(28)19-21)22-6-7-26(35-17-22)38-13-10-31(3,11-14-38)20-36-29(40)27-25(32)5-4-12-34-27/h4-7,12,15,17-19,41H,10-11,13-14,20H2,1-3H3,(H,36,40). The Kier molecular flexibility index (Phi) is 7.68. The molecular formula is C31H30ClN7O2. The fourth-order valence-electron chi connectivity index (χ4n) is 4.83. The van der Waals surface area contributed by atoms with Gasteiger partial charge in [-0.3, -0.25) is 4.79 Å². The van der Waals surface area contributed by atoms with Crippen LogP contribution >= 0.6 is 11.6 Å². The summed E-state index contributed by atoms with van der Waals surface area (Å²) >= 11 is 6.12. The number of pyridine rings is 3. The highest BCUT2D eigenvalue weighted by Crippen LogP contribution is 2.33. The molecule has 0 saturated carbocycles. The monoisotopic (exact) mass is 567 g/mol. The van der Waals surface area contributed by atoms with Gasteiger partial charge in [0.1, 0.15) is 23.2 Å². The minimum atomic E-state index is -1.14. The van der Waals surface area contributed by atoms with Crippen LogP contribution in [0.25, 0.3) is 16.6 Å². The molecule has 1 amide bonds. The maximum atomic E-state index is 12.6. The van der Waals surface area contributed by atoms with E-state index in [1.54, 1.807) is 49.1 Å². The Labute approximate surface area is 243 Å². The van der Waals surface area contributed by atoms with E-state index >= 15 is 0 Å². The Bertz CT molecular complexity index is 1700. The van der Waals surface area contributed by atoms with Crippen LogP contribution in [0.4, 0.5) is 5.82 Å². The van der Waals surface area contributed by atoms with Crippen LogP contribution in [0.1, 0.15) is 55.2 Å². The number of nitriles is 1. The third-order valence-electron chi connectivity index (χ3n) is 7.25. The summed E-state index contributed by atoms with van der Waals surface area (Å²) in [7, 11) is 0. The molecule has 0 bridgehead atoms. The van der Waals surface area contributed by atoms with Gasteiger partial charge in [-0.05, 0) is 62.4 Å². The van der Waals surface area contributed by atoms with Gasteiger partial charge in [0, 0.05) is 54.9 Å². The first-order valence-corrected chi connectivity index (χ1v) is 13.7. The smallest absolute Gasteiger partial charge is 0.271 e. The van der Waals surface area contributed by atoms with Gasteiger partial charge in [0.15, 0.2) is 0 Å². The molecule has 208 valence electrons. The quantitative estimate of drug-likeness (QED) is 0.341. The van der Waals surface area contributed by atoms with Gasteiger partial charge in [0.2, 0.25) is 0 Å². The van der Waals surface area contributed by atoms with Crippen LogP contribution < -0.4 is 10.2 Å². The summed E-state index contributed by atoms with van der Waals surface area (Å²) in [5, 5.41) is 27.4. The van der Waals surface area contributed by atoms with Gasteiger partial charge < -0.3 is 15.3 Å². The lowest BCUT2D eigenvalue weighted by Gasteiger charge is -2.40. The number of nitrogens with zero attached hydrogens (tertiary/aromatic N) is 6. The molecule has 4 aromatic rings. The van der Waals surface area contributed by atoms with Crippen molar-refractivity contribution in [3.63, 3.8) is 0 Å². The number of carbonyl (C=O) groups is 1. The zero-order valence-corrected chi connectivity index (χ0v) is 23.9. The molecule has 0 unspecified atom stereocenters. The van der Waals surface area contributed by atoms with Crippen LogP contribution in [0.3, 0.4) is 0 Å². The highest BCUT2D eigenvalue weighted by atomic mass is 35.5. The number of amides is 1. The summed E-state index contributed by atoms with van der Waals surface area (Å²) in [6.07, 6.45) is 8.41. The second-order valence-corrected chi connectivity index (χ2v) is 11.5. The third kappa shape index (κ3) is 6.33. The first-order chi connectivity index (χ1) is 19.5. The SMILES string of the molecule is CC(C)(O)C#Cc1cc(-c2ccc(N3CCC(C)(CNC(=O)c4ncccc4Cl)CC3)nc2)c2c(C#N)cnn2c1. The predicted octanol–water partition coefficient (Wildman–Crippen LogP) is 4.48. The van der Waals surface area contributed by atoms with Crippen molar-refractivity contribution in [3.8, 4) is 29.0 Å². The summed E-state index contributed by atoms with van der Waals surface area (Å²) in [5.41, 5.74) is 2.47. The Morgan fingerprint density at radius 1 is 1.22 bits per heavy atom. The fourth-order valence-corrected chi connectivity index (χ4v) is 5.04. The number of anilines is 1. The number of nitrogens with one attached hydrogen (secondary N) is 1. The zero-order valence-electron chi connectivity index (χ0n) is 23.1. The van der Waals surface area contributed by atoms with Crippen LogP contribution in [0.5, 0.6) is 0 Å². The lowest BCUT2D eigenvalue weighted by atomic mass is 9.80. The molecular weight excluding hydrogens is 538 g/mol. The van der Waals surface area contributed by atoms with Crippen LogP contribution in [-0.4, -0.2) is 55.8 Å². The fraction of sp³-hybridized carbons (Fsp3) is 0.323. The van der Waals surface area contributed by atoms with Gasteiger partial charge in [-0.2, -0.15) is 10.4 Å². The molecule has 0 aliphatic carbocycles. The lowest BCUT2D eigenvalue weighted by molar-refractivity contribution is 0.0920. The van der Waals surface area contributed by atoms with Crippen molar-refractivity contribution in [1.82, 2.24) is 24.9 Å². The molecule has 4 aromatic heterocycles. The molecule has 1 aliphatic rings. The molecule has 0 spiro atoms. The van der Waals surface area contributed by atoms with Crippen molar-refractivity contribution >= 4 is 28.8 Å². The number of fused-ring (bicyclic) bond motifs is 1. The van der Waals surface area contributed by atoms with E-state index in [4.69, 9.17) is 16.6 Å². The summed E-state index contributed by atoms with van der Waals surface area (Å²) in [4.78, 5) is 23.7. The maximum absolute atomic E-state index is 12.6. The van der Waals surface area contributed by atoms with E-state index in [-0.39, 0.29) is 17.0 Å². The van der Waals surface area contributed by atoms with Crippen molar-refractivity contribution in [2.75, 3.05) is 24.5 Å². The van der Waals surface area contributed by atoms with E-state index in [2.05, 4.69) is 45.1 Å². The van der Waals surface area contributed by atoms with E-state index in [0.717, 1.165) is 42.9 Å². The minimum Gasteiger partial charge on any atom is -0.378 e. The molecule has 0 radical (unpaired) electrons. The number of aromatic nitrogens is 4. The predicted molar refractivity (Wildman–Crippen MR) is 157 cm³/mol. The Balaban J connectivity index is 1.30. The summed E-state index contributed by atoms with van der Waals surface area (Å²) in [6, 6.07) is 11.4. The molecule has 0 aromatic carbocycles. The van der Waals surface area contributed by atoms with E-state index in [1.807, 2.05) is 18.2 Å². The average Bonchev–Trinajstić information content (AvgIpc) is 3.38. The molecule has 10 heteroatoms. The molecule has 1 aliphatic heterocycles. The van der Waals surface area contributed by atoms with Crippen molar-refractivity contribution in [2.45, 2.75) is 39.2 Å². The molecule has 2 N–H and O–H groups in total. The van der Waals surface area contributed by atoms with Gasteiger partial charge in [0.25, 0.3) is 5.91 Å². The summed E-state index contributed by atoms with van der Waals surface area (Å²) in [6.45, 7) is 7.57. The third-order valence-corrected chi connectivity index (χ3v) is 7.55. The van der Waals surface area contributed by atoms with Crippen LogP contribution in [-0.2, 0) is 0 Å². The molecule has 1 saturated heterocycles. The minimum absolute atomic E-state index is 0.0563. The van der Waals surface area contributed by atoms with E-state index in [1.165, 1.54) is 6.20 Å². The van der Waals surface area contributed by atoms with Crippen molar-refractivity contribution in [3.05, 3.63) is 77.0 Å². The van der Waals surface area contributed by atoms with E-state index in [0.29, 0.717) is 28.2 Å². The van der Waals surface area contributed by atoms with E-state index < -0.39 is 5.60 Å². The normalized spacial score (nSPS) is 14.7. The van der Waals surface area contributed by atoms with Crippen molar-refractivity contribution in [2.24, 2.45) is 5.41 Å². The summed E-state index contributed by atoms with van der Waals surface area (Å²) in [5.74, 6) is 6.44. The second-order valence-electron chi connectivity index (χ2n) is 11.1. The number of halogens is 1. The molecule has 9 nitrogen and oxygen atoms in total. The van der Waals surface area contributed by atoms with Gasteiger partial charge in [0.05, 0.1) is 22.3 Å². The van der Waals surface area contributed by atoms with Gasteiger partial charge in [-0.25, -0.2) is 14.5 Å². The van der Waals surface area contributed by atoms with Crippen LogP contribution in [0, 0.1) is 28.6 Å². The number of aliphatic hydroxyl groups is 1. The highest BCUT2D eigenvalue weighted by Gasteiger charge is 2.31. The highest BCUT2D eigenvalue weighted by molar-refractivity contribution is 6.33.